The minimum absolute atomic E-state index is 0.124. The van der Waals surface area contributed by atoms with Crippen molar-refractivity contribution in [1.82, 2.24) is 0 Å². The van der Waals surface area contributed by atoms with Crippen LogP contribution in [0.5, 0.6) is 0 Å². The van der Waals surface area contributed by atoms with Crippen molar-refractivity contribution in [2.75, 3.05) is 0 Å². The standard InChI is InChI=1S/C12H20O2.C11H18O2/c1-5-10-6-9(4)7-11(10)14-12(13)8(2)3;1-4-9-6-8(3)7-10(9)13-11(12)5-2/h9-11H,2,5-7H2,1,3-4H3;5,8-10H,2,4,6-7H2,1,3H3. The monoisotopic (exact) mass is 378 g/mol. The van der Waals surface area contributed by atoms with Crippen molar-refractivity contribution in [2.45, 2.75) is 85.4 Å². The van der Waals surface area contributed by atoms with Crippen molar-refractivity contribution in [3.63, 3.8) is 0 Å². The summed E-state index contributed by atoms with van der Waals surface area (Å²) in [5.74, 6) is 1.96. The van der Waals surface area contributed by atoms with Gasteiger partial charge in [-0.15, -0.1) is 0 Å². The molecule has 2 aliphatic carbocycles. The molecule has 2 saturated carbocycles. The van der Waals surface area contributed by atoms with E-state index < -0.39 is 0 Å². The number of carbonyl (C=O) groups excluding carboxylic acids is 2. The van der Waals surface area contributed by atoms with Gasteiger partial charge in [-0.1, -0.05) is 40.9 Å². The predicted octanol–water partition coefficient (Wildman–Crippen LogP) is 5.47. The van der Waals surface area contributed by atoms with E-state index in [0.29, 0.717) is 29.2 Å². The zero-order chi connectivity index (χ0) is 20.6. The molecule has 0 saturated heterocycles. The third kappa shape index (κ3) is 7.51. The Morgan fingerprint density at radius 2 is 1.37 bits per heavy atom. The molecule has 27 heavy (non-hydrogen) atoms. The van der Waals surface area contributed by atoms with Crippen LogP contribution in [0.15, 0.2) is 24.8 Å². The normalized spacial score (nSPS) is 32.2. The third-order valence-corrected chi connectivity index (χ3v) is 5.82. The lowest BCUT2D eigenvalue weighted by Crippen LogP contribution is -2.22. The molecular formula is C23H38O4. The average Bonchev–Trinajstić information content (AvgIpc) is 3.16. The van der Waals surface area contributed by atoms with E-state index in [1.165, 1.54) is 18.9 Å². The lowest BCUT2D eigenvalue weighted by Gasteiger charge is -2.18. The first-order valence-corrected chi connectivity index (χ1v) is 10.4. The quantitative estimate of drug-likeness (QED) is 0.454. The third-order valence-electron chi connectivity index (χ3n) is 5.82. The molecule has 0 N–H and O–H groups in total. The van der Waals surface area contributed by atoms with Gasteiger partial charge in [0.2, 0.25) is 0 Å². The lowest BCUT2D eigenvalue weighted by molar-refractivity contribution is -0.146. The number of hydrogen-bond acceptors (Lipinski definition) is 4. The molecule has 0 amide bonds. The maximum Gasteiger partial charge on any atom is 0.333 e. The molecule has 0 radical (unpaired) electrons. The van der Waals surface area contributed by atoms with Gasteiger partial charge in [0.15, 0.2) is 0 Å². The molecule has 0 aromatic heterocycles. The van der Waals surface area contributed by atoms with E-state index >= 15 is 0 Å². The highest BCUT2D eigenvalue weighted by atomic mass is 16.5. The molecule has 4 nitrogen and oxygen atoms in total. The molecule has 2 aliphatic rings. The van der Waals surface area contributed by atoms with Crippen LogP contribution in [-0.4, -0.2) is 24.1 Å². The number of hydrogen-bond donors (Lipinski definition) is 0. The Kier molecular flexibility index (Phi) is 9.82. The maximum absolute atomic E-state index is 11.3. The molecule has 154 valence electrons. The zero-order valence-corrected chi connectivity index (χ0v) is 17.8. The molecular weight excluding hydrogens is 340 g/mol. The maximum atomic E-state index is 11.3. The van der Waals surface area contributed by atoms with Crippen molar-refractivity contribution in [3.05, 3.63) is 24.8 Å². The highest BCUT2D eigenvalue weighted by Gasteiger charge is 2.34. The Morgan fingerprint density at radius 3 is 1.74 bits per heavy atom. The first-order chi connectivity index (χ1) is 12.7. The van der Waals surface area contributed by atoms with E-state index in [4.69, 9.17) is 9.47 Å². The SMILES string of the molecule is C=C(C)C(=O)OC1CC(C)CC1CC.C=CC(=O)OC1CC(C)CC1CC. The van der Waals surface area contributed by atoms with Gasteiger partial charge in [-0.25, -0.2) is 9.59 Å². The van der Waals surface area contributed by atoms with Gasteiger partial charge in [-0.2, -0.15) is 0 Å². The fourth-order valence-electron chi connectivity index (χ4n) is 4.29. The van der Waals surface area contributed by atoms with Crippen molar-refractivity contribution < 1.29 is 19.1 Å². The zero-order valence-electron chi connectivity index (χ0n) is 17.8. The number of ether oxygens (including phenoxy) is 2. The second kappa shape index (κ2) is 11.3. The highest BCUT2D eigenvalue weighted by molar-refractivity contribution is 5.87. The fourth-order valence-corrected chi connectivity index (χ4v) is 4.29. The van der Waals surface area contributed by atoms with Gasteiger partial charge in [0.1, 0.15) is 12.2 Å². The summed E-state index contributed by atoms with van der Waals surface area (Å²) in [6.07, 6.45) is 8.09. The van der Waals surface area contributed by atoms with Crippen molar-refractivity contribution in [1.29, 1.82) is 0 Å². The average molecular weight is 379 g/mol. The van der Waals surface area contributed by atoms with Gasteiger partial charge >= 0.3 is 11.9 Å². The second-order valence-corrected chi connectivity index (χ2v) is 8.39. The van der Waals surface area contributed by atoms with Crippen LogP contribution >= 0.6 is 0 Å². The molecule has 2 fully saturated rings. The van der Waals surface area contributed by atoms with Gasteiger partial charge in [-0.3, -0.25) is 0 Å². The van der Waals surface area contributed by atoms with E-state index in [-0.39, 0.29) is 24.1 Å². The molecule has 0 spiro atoms. The molecule has 6 atom stereocenters. The van der Waals surface area contributed by atoms with E-state index in [9.17, 15) is 9.59 Å². The van der Waals surface area contributed by atoms with Crippen molar-refractivity contribution >= 4 is 11.9 Å². The summed E-state index contributed by atoms with van der Waals surface area (Å²) in [6, 6.07) is 0. The summed E-state index contributed by atoms with van der Waals surface area (Å²) in [5.41, 5.74) is 0.499. The van der Waals surface area contributed by atoms with Crippen LogP contribution in [0.4, 0.5) is 0 Å². The van der Waals surface area contributed by atoms with Gasteiger partial charge in [0.25, 0.3) is 0 Å². The molecule has 0 aromatic carbocycles. The first-order valence-electron chi connectivity index (χ1n) is 10.4. The summed E-state index contributed by atoms with van der Waals surface area (Å²) in [6.45, 7) is 17.4. The fraction of sp³-hybridized carbons (Fsp3) is 0.739. The van der Waals surface area contributed by atoms with E-state index in [0.717, 1.165) is 25.7 Å². The van der Waals surface area contributed by atoms with E-state index in [2.05, 4.69) is 40.9 Å². The summed E-state index contributed by atoms with van der Waals surface area (Å²) < 4.78 is 10.7. The summed E-state index contributed by atoms with van der Waals surface area (Å²) in [4.78, 5) is 22.3. The van der Waals surface area contributed by atoms with Gasteiger partial charge in [0.05, 0.1) is 0 Å². The summed E-state index contributed by atoms with van der Waals surface area (Å²) >= 11 is 0. The molecule has 6 unspecified atom stereocenters. The van der Waals surface area contributed by atoms with Crippen LogP contribution in [0.3, 0.4) is 0 Å². The van der Waals surface area contributed by atoms with Gasteiger partial charge in [-0.05, 0) is 69.1 Å². The minimum Gasteiger partial charge on any atom is -0.459 e. The largest absolute Gasteiger partial charge is 0.459 e. The summed E-state index contributed by atoms with van der Waals surface area (Å²) in [5, 5.41) is 0. The molecule has 0 bridgehead atoms. The van der Waals surface area contributed by atoms with Gasteiger partial charge in [0, 0.05) is 11.6 Å². The van der Waals surface area contributed by atoms with Crippen LogP contribution in [-0.2, 0) is 19.1 Å². The van der Waals surface area contributed by atoms with Gasteiger partial charge < -0.3 is 9.47 Å². The van der Waals surface area contributed by atoms with E-state index in [1.807, 2.05) is 0 Å². The predicted molar refractivity (Wildman–Crippen MR) is 109 cm³/mol. The Balaban J connectivity index is 0.000000271. The first kappa shape index (κ1) is 23.5. The Hall–Kier alpha value is -1.58. The molecule has 0 aliphatic heterocycles. The van der Waals surface area contributed by atoms with Crippen LogP contribution in [0.1, 0.15) is 73.1 Å². The Labute approximate surface area is 165 Å². The van der Waals surface area contributed by atoms with Crippen LogP contribution < -0.4 is 0 Å². The molecule has 0 heterocycles. The van der Waals surface area contributed by atoms with E-state index in [1.54, 1.807) is 6.92 Å². The molecule has 0 aromatic rings. The number of carbonyl (C=O) groups is 2. The Bertz CT molecular complexity index is 524. The topological polar surface area (TPSA) is 52.6 Å². The highest BCUT2D eigenvalue weighted by Crippen LogP contribution is 2.36. The molecule has 4 heteroatoms. The summed E-state index contributed by atoms with van der Waals surface area (Å²) in [7, 11) is 0. The van der Waals surface area contributed by atoms with Crippen LogP contribution in [0.2, 0.25) is 0 Å². The second-order valence-electron chi connectivity index (χ2n) is 8.39. The van der Waals surface area contributed by atoms with Crippen molar-refractivity contribution in [3.8, 4) is 0 Å². The smallest absolute Gasteiger partial charge is 0.333 e. The molecule has 2 rings (SSSR count). The Morgan fingerprint density at radius 1 is 0.926 bits per heavy atom. The number of rotatable bonds is 6. The van der Waals surface area contributed by atoms with Crippen molar-refractivity contribution in [2.24, 2.45) is 23.7 Å². The van der Waals surface area contributed by atoms with Crippen LogP contribution in [0, 0.1) is 23.7 Å². The minimum atomic E-state index is -0.280. The lowest BCUT2D eigenvalue weighted by atomic mass is 10.0. The number of esters is 2. The van der Waals surface area contributed by atoms with Crippen LogP contribution in [0.25, 0.3) is 0 Å².